The normalized spacial score (nSPS) is 29.6. The quantitative estimate of drug-likeness (QED) is 0.0561. The van der Waals surface area contributed by atoms with Crippen molar-refractivity contribution < 1.29 is 14.7 Å². The number of allylic oxidation sites excluding steroid dienone is 1. The van der Waals surface area contributed by atoms with E-state index >= 15 is 0 Å². The number of rotatable bonds is 7. The minimum atomic E-state index is -0.250. The highest BCUT2D eigenvalue weighted by atomic mass is 32.1. The average Bonchev–Trinajstić information content (AvgIpc) is 3.54. The molecule has 0 aromatic rings. The molecule has 4 rings (SSSR count). The van der Waals surface area contributed by atoms with Crippen molar-refractivity contribution in [3.05, 3.63) is 36.3 Å². The van der Waals surface area contributed by atoms with E-state index in [1.165, 1.54) is 17.7 Å². The number of hydrogen-bond donors (Lipinski definition) is 7. The van der Waals surface area contributed by atoms with E-state index in [-0.39, 0.29) is 38.3 Å². The number of nitrogens with zero attached hydrogens (tertiary/aromatic N) is 4. The van der Waals surface area contributed by atoms with Crippen molar-refractivity contribution >= 4 is 31.3 Å². The number of hydrogen-bond acceptors (Lipinski definition) is 10. The first kappa shape index (κ1) is 39.3. The second kappa shape index (κ2) is 18.7. The molecule has 1 amide bonds. The molecule has 8 atom stereocenters. The fourth-order valence-electron chi connectivity index (χ4n) is 6.12. The molecule has 8 unspecified atom stereocenters. The number of amides is 1. The minimum absolute atomic E-state index is 0. The van der Waals surface area contributed by atoms with Crippen LogP contribution in [-0.2, 0) is 9.59 Å². The number of carbonyl (C=O) groups is 2. The van der Waals surface area contributed by atoms with Gasteiger partial charge in [-0.15, -0.1) is 0 Å². The summed E-state index contributed by atoms with van der Waals surface area (Å²) in [6, 6.07) is 1.65. The number of carboxylic acid groups (broad SMARTS) is 1. The van der Waals surface area contributed by atoms with E-state index in [1.807, 2.05) is 20.8 Å². The van der Waals surface area contributed by atoms with E-state index in [0.717, 1.165) is 36.6 Å². The van der Waals surface area contributed by atoms with Crippen LogP contribution in [0.4, 0.5) is 0 Å². The Balaban J connectivity index is 0.000000704. The minimum Gasteiger partial charge on any atom is -0.483 e. The number of carbonyl (C=O) groups excluding carboxylic acids is 1. The fraction of sp³-hybridized carbons (Fsp3) is 0.690. The highest BCUT2D eigenvalue weighted by Gasteiger charge is 2.51. The van der Waals surface area contributed by atoms with Gasteiger partial charge in [0, 0.05) is 71.6 Å². The summed E-state index contributed by atoms with van der Waals surface area (Å²) in [5, 5.41) is 18.2. The van der Waals surface area contributed by atoms with Crippen LogP contribution in [0, 0.1) is 11.8 Å². The maximum Gasteiger partial charge on any atom is 0.290 e. The summed E-state index contributed by atoms with van der Waals surface area (Å²) in [4.78, 5) is 24.9. The van der Waals surface area contributed by atoms with Crippen LogP contribution in [0.15, 0.2) is 41.4 Å². The van der Waals surface area contributed by atoms with Crippen LogP contribution in [0.3, 0.4) is 0 Å². The predicted molar refractivity (Wildman–Crippen MR) is 176 cm³/mol. The fourth-order valence-corrected chi connectivity index (χ4v) is 6.44. The molecular weight excluding hydrogens is 554 g/mol. The Labute approximate surface area is 258 Å². The molecule has 42 heavy (non-hydrogen) atoms. The smallest absolute Gasteiger partial charge is 0.290 e. The van der Waals surface area contributed by atoms with Crippen LogP contribution < -0.4 is 28.1 Å². The van der Waals surface area contributed by atoms with E-state index < -0.39 is 0 Å². The van der Waals surface area contributed by atoms with Gasteiger partial charge in [0.25, 0.3) is 6.47 Å². The van der Waals surface area contributed by atoms with E-state index in [9.17, 15) is 4.79 Å². The lowest BCUT2D eigenvalue weighted by Crippen LogP contribution is -2.60. The first-order valence-electron chi connectivity index (χ1n) is 14.3. The Bertz CT molecular complexity index is 947. The van der Waals surface area contributed by atoms with Gasteiger partial charge < -0.3 is 37.1 Å². The molecule has 0 radical (unpaired) electrons. The van der Waals surface area contributed by atoms with Crippen LogP contribution in [0.1, 0.15) is 61.8 Å². The van der Waals surface area contributed by atoms with E-state index in [1.54, 1.807) is 0 Å². The highest BCUT2D eigenvalue weighted by molar-refractivity contribution is 7.81. The summed E-state index contributed by atoms with van der Waals surface area (Å²) < 4.78 is 0. The van der Waals surface area contributed by atoms with E-state index in [0.29, 0.717) is 35.3 Å². The van der Waals surface area contributed by atoms with Gasteiger partial charge >= 0.3 is 0 Å². The van der Waals surface area contributed by atoms with E-state index in [2.05, 4.69) is 78.2 Å². The Morgan fingerprint density at radius 3 is 2.45 bits per heavy atom. The molecule has 0 aromatic carbocycles. The molecule has 0 aliphatic carbocycles. The number of hydrazone groups is 1. The van der Waals surface area contributed by atoms with Crippen LogP contribution in [0.2, 0.25) is 0 Å². The molecule has 3 fully saturated rings. The Hall–Kier alpha value is -2.74. The van der Waals surface area contributed by atoms with Crippen molar-refractivity contribution in [1.82, 2.24) is 25.4 Å². The number of nitrogens with two attached hydrogens (primary N) is 3. The van der Waals surface area contributed by atoms with E-state index in [4.69, 9.17) is 27.3 Å². The van der Waals surface area contributed by atoms with Crippen LogP contribution in [-0.4, -0.2) is 93.7 Å². The maximum atomic E-state index is 11.9. The summed E-state index contributed by atoms with van der Waals surface area (Å²) in [5.74, 6) is 11.1. The Morgan fingerprint density at radius 1 is 1.38 bits per heavy atom. The third kappa shape index (κ3) is 10.2. The lowest BCUT2D eigenvalue weighted by Gasteiger charge is -2.52. The standard InChI is InChI=1S/C14H24N6O.C11H21N3S.C2H6.CH2O2.CH4/c1-8-5-9(2)20-11(4)13(14(8)20)10(3)18-12(21)6-19(16)7-17-15;1-7-3-9(12)6-14(7)8(2)11-4-10(15)5-13-11;1-2;2-1-3;/h5,7-8,10,13-14H,4,6,15-16H2,1-3H3,(H,18,21);7,9-11,13,15H,2-6,12H2,1H3;1-2H3;1H,(H,2,3);1H4/b17-7-;;;;. The zero-order chi connectivity index (χ0) is 31.4. The molecule has 3 saturated heterocycles. The molecule has 4 aliphatic rings. The molecule has 242 valence electrons. The molecule has 0 spiro atoms. The number of likely N-dealkylation sites (tertiary alicyclic amines) is 1. The predicted octanol–water partition coefficient (Wildman–Crippen LogP) is 1.88. The Kier molecular flexibility index (Phi) is 17.5. The second-order valence-electron chi connectivity index (χ2n) is 10.8. The number of hydrazine groups is 1. The summed E-state index contributed by atoms with van der Waals surface area (Å²) in [7, 11) is 0. The molecule has 0 aromatic heterocycles. The number of fused-ring (bicyclic) bond motifs is 1. The van der Waals surface area contributed by atoms with Crippen LogP contribution in [0.25, 0.3) is 0 Å². The van der Waals surface area contributed by atoms with Crippen molar-refractivity contribution in [2.75, 3.05) is 19.6 Å². The zero-order valence-corrected chi connectivity index (χ0v) is 26.4. The van der Waals surface area contributed by atoms with Crippen LogP contribution in [0.5, 0.6) is 0 Å². The van der Waals surface area contributed by atoms with Crippen molar-refractivity contribution in [2.24, 2.45) is 34.4 Å². The first-order valence-corrected chi connectivity index (χ1v) is 14.8. The van der Waals surface area contributed by atoms with Gasteiger partial charge in [-0.25, -0.2) is 5.84 Å². The Morgan fingerprint density at radius 2 is 1.98 bits per heavy atom. The average molecular weight is 612 g/mol. The maximum absolute atomic E-state index is 11.9. The molecule has 9 N–H and O–H groups in total. The summed E-state index contributed by atoms with van der Waals surface area (Å²) in [5.41, 5.74) is 9.48. The van der Waals surface area contributed by atoms with Gasteiger partial charge in [-0.3, -0.25) is 14.6 Å². The summed E-state index contributed by atoms with van der Waals surface area (Å²) >= 11 is 4.48. The van der Waals surface area contributed by atoms with Crippen molar-refractivity contribution in [1.29, 1.82) is 0 Å². The lowest BCUT2D eigenvalue weighted by molar-refractivity contribution is -0.123. The molecule has 0 saturated carbocycles. The van der Waals surface area contributed by atoms with Gasteiger partial charge in [0.05, 0.1) is 0 Å². The topological polar surface area (TPSA) is 179 Å². The number of thiol groups is 1. The first-order chi connectivity index (χ1) is 19.4. The van der Waals surface area contributed by atoms with Crippen molar-refractivity contribution in [3.63, 3.8) is 0 Å². The molecule has 4 aliphatic heterocycles. The third-order valence-corrected chi connectivity index (χ3v) is 8.13. The number of nitrogens with one attached hydrogen (secondary N) is 2. The third-order valence-electron chi connectivity index (χ3n) is 7.74. The van der Waals surface area contributed by atoms with Gasteiger partial charge in [0.2, 0.25) is 5.91 Å². The molecule has 12 nitrogen and oxygen atoms in total. The summed E-state index contributed by atoms with van der Waals surface area (Å²) in [6.07, 6.45) is 5.63. The van der Waals surface area contributed by atoms with Gasteiger partial charge in [-0.05, 0) is 39.5 Å². The zero-order valence-electron chi connectivity index (χ0n) is 25.5. The highest BCUT2D eigenvalue weighted by Crippen LogP contribution is 2.48. The van der Waals surface area contributed by atoms with Crippen molar-refractivity contribution in [2.45, 2.75) is 97.3 Å². The van der Waals surface area contributed by atoms with Crippen LogP contribution >= 0.6 is 12.6 Å². The molecule has 0 bridgehead atoms. The lowest BCUT2D eigenvalue weighted by atomic mass is 9.76. The monoisotopic (exact) mass is 611 g/mol. The largest absolute Gasteiger partial charge is 0.483 e. The molecule has 4 heterocycles. The van der Waals surface area contributed by atoms with Gasteiger partial charge in [-0.2, -0.15) is 17.7 Å². The second-order valence-corrected chi connectivity index (χ2v) is 11.5. The molecule has 13 heteroatoms. The van der Waals surface area contributed by atoms with Gasteiger partial charge in [-0.1, -0.05) is 47.4 Å². The van der Waals surface area contributed by atoms with Gasteiger partial charge in [0.1, 0.15) is 12.9 Å². The molecular formula is C29H57N9O3S. The van der Waals surface area contributed by atoms with Gasteiger partial charge in [0.15, 0.2) is 0 Å². The van der Waals surface area contributed by atoms with Crippen molar-refractivity contribution in [3.8, 4) is 0 Å². The summed E-state index contributed by atoms with van der Waals surface area (Å²) in [6.45, 7) is 22.6. The SMILES string of the molecule is C.C=C(C1CC(S)CN1)N1CC(N)CC1C.C=C1C(C(C)NC(=O)CN(N)/C=N\N)C2C(C)C=C(C)N12.CC.O=CO.